The zero-order chi connectivity index (χ0) is 18.8. The molecule has 1 aromatic rings. The molecule has 0 spiro atoms. The van der Waals surface area contributed by atoms with E-state index in [0.29, 0.717) is 12.0 Å². The highest BCUT2D eigenvalue weighted by Crippen LogP contribution is 2.32. The molecule has 1 N–H and O–H groups in total. The standard InChI is InChI=1S/C21H31N3O3/c1-26-21(27-2)15-7-10-23(11-8-15)17-5-6-19-16(12-17)14-24(20(19)25)18-4-3-9-22-13-18/h5-6,12,15,18,21-22H,3-4,7-11,13-14H2,1-2H3. The number of piperidine rings is 2. The molecule has 2 fully saturated rings. The maximum absolute atomic E-state index is 12.8. The van der Waals surface area contributed by atoms with Crippen LogP contribution in [0.5, 0.6) is 0 Å². The molecule has 27 heavy (non-hydrogen) atoms. The number of carbonyl (C=O) groups is 1. The highest BCUT2D eigenvalue weighted by Gasteiger charge is 2.34. The van der Waals surface area contributed by atoms with Gasteiger partial charge in [-0.05, 0) is 56.0 Å². The topological polar surface area (TPSA) is 54.0 Å². The molecule has 2 saturated heterocycles. The van der Waals surface area contributed by atoms with E-state index in [-0.39, 0.29) is 12.2 Å². The molecule has 0 radical (unpaired) electrons. The lowest BCUT2D eigenvalue weighted by Gasteiger charge is -2.36. The third kappa shape index (κ3) is 3.71. The molecule has 1 atom stereocenters. The Kier molecular flexibility index (Phi) is 5.66. The fourth-order valence-corrected chi connectivity index (χ4v) is 4.83. The van der Waals surface area contributed by atoms with Gasteiger partial charge in [0, 0.05) is 63.6 Å². The van der Waals surface area contributed by atoms with E-state index >= 15 is 0 Å². The predicted molar refractivity (Wildman–Crippen MR) is 105 cm³/mol. The van der Waals surface area contributed by atoms with Gasteiger partial charge in [-0.25, -0.2) is 0 Å². The first-order valence-corrected chi connectivity index (χ1v) is 10.2. The van der Waals surface area contributed by atoms with Gasteiger partial charge in [-0.15, -0.1) is 0 Å². The summed E-state index contributed by atoms with van der Waals surface area (Å²) in [5, 5.41) is 3.42. The van der Waals surface area contributed by atoms with Crippen molar-refractivity contribution in [3.63, 3.8) is 0 Å². The summed E-state index contributed by atoms with van der Waals surface area (Å²) in [5.74, 6) is 0.647. The van der Waals surface area contributed by atoms with Gasteiger partial charge in [0.05, 0.1) is 0 Å². The molecule has 1 amide bonds. The summed E-state index contributed by atoms with van der Waals surface area (Å²) in [6.07, 6.45) is 4.26. The Morgan fingerprint density at radius 2 is 1.93 bits per heavy atom. The molecule has 6 nitrogen and oxygen atoms in total. The van der Waals surface area contributed by atoms with Crippen LogP contribution >= 0.6 is 0 Å². The number of rotatable bonds is 5. The van der Waals surface area contributed by atoms with Crippen molar-refractivity contribution < 1.29 is 14.3 Å². The number of ether oxygens (including phenoxy) is 2. The minimum atomic E-state index is -0.109. The van der Waals surface area contributed by atoms with Gasteiger partial charge in [0.15, 0.2) is 6.29 Å². The maximum atomic E-state index is 12.8. The lowest BCUT2D eigenvalue weighted by atomic mass is 9.95. The van der Waals surface area contributed by atoms with Crippen LogP contribution in [0, 0.1) is 5.92 Å². The first kappa shape index (κ1) is 18.7. The fourth-order valence-electron chi connectivity index (χ4n) is 4.83. The number of nitrogens with zero attached hydrogens (tertiary/aromatic N) is 2. The van der Waals surface area contributed by atoms with E-state index in [1.165, 1.54) is 11.3 Å². The summed E-state index contributed by atoms with van der Waals surface area (Å²) < 4.78 is 10.9. The number of benzene rings is 1. The molecule has 1 unspecified atom stereocenters. The van der Waals surface area contributed by atoms with E-state index in [0.717, 1.165) is 64.0 Å². The SMILES string of the molecule is COC(OC)C1CCN(c2ccc3c(c2)CN(C2CCCNC2)C3=O)CC1. The Morgan fingerprint density at radius 1 is 1.15 bits per heavy atom. The highest BCUT2D eigenvalue weighted by molar-refractivity contribution is 5.99. The van der Waals surface area contributed by atoms with Crippen LogP contribution in [-0.2, 0) is 16.0 Å². The van der Waals surface area contributed by atoms with Crippen molar-refractivity contribution in [2.75, 3.05) is 45.3 Å². The molecule has 4 rings (SSSR count). The van der Waals surface area contributed by atoms with Gasteiger partial charge in [0.2, 0.25) is 0 Å². The van der Waals surface area contributed by atoms with Gasteiger partial charge in [0.1, 0.15) is 0 Å². The Balaban J connectivity index is 1.42. The molecule has 0 bridgehead atoms. The number of nitrogens with one attached hydrogen (secondary N) is 1. The van der Waals surface area contributed by atoms with Gasteiger partial charge in [-0.1, -0.05) is 0 Å². The Hall–Kier alpha value is -1.63. The van der Waals surface area contributed by atoms with Crippen molar-refractivity contribution in [2.24, 2.45) is 5.92 Å². The number of fused-ring (bicyclic) bond motifs is 1. The van der Waals surface area contributed by atoms with Crippen LogP contribution in [0.4, 0.5) is 5.69 Å². The molecule has 148 valence electrons. The lowest BCUT2D eigenvalue weighted by Crippen LogP contribution is -2.46. The number of carbonyl (C=O) groups excluding carboxylic acids is 1. The van der Waals surface area contributed by atoms with Gasteiger partial charge in [0.25, 0.3) is 5.91 Å². The molecule has 6 heteroatoms. The molecule has 3 aliphatic heterocycles. The minimum absolute atomic E-state index is 0.109. The molecule has 0 aliphatic carbocycles. The van der Waals surface area contributed by atoms with Crippen LogP contribution in [0.25, 0.3) is 0 Å². The maximum Gasteiger partial charge on any atom is 0.254 e. The number of amides is 1. The summed E-state index contributed by atoms with van der Waals surface area (Å²) in [4.78, 5) is 17.3. The Morgan fingerprint density at radius 3 is 2.59 bits per heavy atom. The van der Waals surface area contributed by atoms with Crippen molar-refractivity contribution in [3.8, 4) is 0 Å². The van der Waals surface area contributed by atoms with Crippen molar-refractivity contribution in [1.82, 2.24) is 10.2 Å². The normalized spacial score (nSPS) is 24.0. The summed E-state index contributed by atoms with van der Waals surface area (Å²) in [7, 11) is 3.43. The minimum Gasteiger partial charge on any atom is -0.372 e. The summed E-state index contributed by atoms with van der Waals surface area (Å²) in [6, 6.07) is 6.71. The van der Waals surface area contributed by atoms with E-state index in [1.807, 2.05) is 6.07 Å². The second-order valence-electron chi connectivity index (χ2n) is 7.94. The second kappa shape index (κ2) is 8.17. The molecule has 3 aliphatic rings. The van der Waals surface area contributed by atoms with Crippen LogP contribution in [0.2, 0.25) is 0 Å². The van der Waals surface area contributed by atoms with Crippen LogP contribution in [0.3, 0.4) is 0 Å². The molecule has 0 aromatic heterocycles. The Bertz CT molecular complexity index is 663. The van der Waals surface area contributed by atoms with Crippen LogP contribution in [0.1, 0.15) is 41.6 Å². The first-order chi connectivity index (χ1) is 13.2. The van der Waals surface area contributed by atoms with E-state index in [1.54, 1.807) is 14.2 Å². The van der Waals surface area contributed by atoms with E-state index in [4.69, 9.17) is 9.47 Å². The lowest BCUT2D eigenvalue weighted by molar-refractivity contribution is -0.141. The zero-order valence-corrected chi connectivity index (χ0v) is 16.4. The quantitative estimate of drug-likeness (QED) is 0.802. The van der Waals surface area contributed by atoms with Crippen LogP contribution < -0.4 is 10.2 Å². The molecule has 0 saturated carbocycles. The number of methoxy groups -OCH3 is 2. The molecular formula is C21H31N3O3. The highest BCUT2D eigenvalue weighted by atomic mass is 16.7. The van der Waals surface area contributed by atoms with E-state index in [2.05, 4.69) is 27.2 Å². The molecular weight excluding hydrogens is 342 g/mol. The number of hydrogen-bond donors (Lipinski definition) is 1. The fraction of sp³-hybridized carbons (Fsp3) is 0.667. The second-order valence-corrected chi connectivity index (χ2v) is 7.94. The van der Waals surface area contributed by atoms with E-state index < -0.39 is 0 Å². The van der Waals surface area contributed by atoms with Gasteiger partial charge in [-0.3, -0.25) is 4.79 Å². The largest absolute Gasteiger partial charge is 0.372 e. The van der Waals surface area contributed by atoms with Crippen molar-refractivity contribution in [2.45, 2.75) is 44.6 Å². The van der Waals surface area contributed by atoms with E-state index in [9.17, 15) is 4.79 Å². The van der Waals surface area contributed by atoms with Crippen LogP contribution in [-0.4, -0.2) is 63.5 Å². The summed E-state index contributed by atoms with van der Waals surface area (Å²) in [5.41, 5.74) is 3.30. The van der Waals surface area contributed by atoms with Gasteiger partial charge in [-0.2, -0.15) is 0 Å². The monoisotopic (exact) mass is 373 g/mol. The average molecular weight is 373 g/mol. The summed E-state index contributed by atoms with van der Waals surface area (Å²) >= 11 is 0. The average Bonchev–Trinajstić information content (AvgIpc) is 3.06. The molecule has 3 heterocycles. The smallest absolute Gasteiger partial charge is 0.254 e. The third-order valence-electron chi connectivity index (χ3n) is 6.39. The Labute approximate surface area is 161 Å². The predicted octanol–water partition coefficient (Wildman–Crippen LogP) is 2.23. The third-order valence-corrected chi connectivity index (χ3v) is 6.39. The van der Waals surface area contributed by atoms with Gasteiger partial charge < -0.3 is 24.6 Å². The zero-order valence-electron chi connectivity index (χ0n) is 16.4. The molecule has 1 aromatic carbocycles. The first-order valence-electron chi connectivity index (χ1n) is 10.2. The van der Waals surface area contributed by atoms with Crippen molar-refractivity contribution in [3.05, 3.63) is 29.3 Å². The van der Waals surface area contributed by atoms with Crippen molar-refractivity contribution in [1.29, 1.82) is 0 Å². The number of anilines is 1. The van der Waals surface area contributed by atoms with Crippen molar-refractivity contribution >= 4 is 11.6 Å². The van der Waals surface area contributed by atoms with Crippen LogP contribution in [0.15, 0.2) is 18.2 Å². The summed E-state index contributed by atoms with van der Waals surface area (Å²) in [6.45, 7) is 4.73. The number of hydrogen-bond acceptors (Lipinski definition) is 5. The van der Waals surface area contributed by atoms with Gasteiger partial charge >= 0.3 is 0 Å².